The summed E-state index contributed by atoms with van der Waals surface area (Å²) in [6, 6.07) is 0. The predicted octanol–water partition coefficient (Wildman–Crippen LogP) is 3.27. The maximum absolute atomic E-state index is 12.6. The van der Waals surface area contributed by atoms with Crippen LogP contribution in [-0.4, -0.2) is 32.9 Å². The molecule has 2 aromatic heterocycles. The number of alkyl halides is 3. The monoisotopic (exact) mass is 367 g/mol. The van der Waals surface area contributed by atoms with E-state index >= 15 is 0 Å². The van der Waals surface area contributed by atoms with E-state index in [4.69, 9.17) is 5.73 Å². The zero-order chi connectivity index (χ0) is 15.7. The molecule has 3 heterocycles. The van der Waals surface area contributed by atoms with Crippen LogP contribution in [0, 0.1) is 0 Å². The summed E-state index contributed by atoms with van der Waals surface area (Å²) in [6.07, 6.45) is -0.133. The van der Waals surface area contributed by atoms with Crippen LogP contribution in [0.15, 0.2) is 12.4 Å². The van der Waals surface area contributed by atoms with Gasteiger partial charge in [0.25, 0.3) is 0 Å². The number of nitrogen functional groups attached to an aromatic ring is 1. The van der Waals surface area contributed by atoms with Gasteiger partial charge in [-0.2, -0.15) is 13.2 Å². The molecule has 0 bridgehead atoms. The van der Waals surface area contributed by atoms with Gasteiger partial charge in [0.05, 0.1) is 6.20 Å². The quantitative estimate of drug-likeness (QED) is 0.873. The molecule has 1 aliphatic rings. The summed E-state index contributed by atoms with van der Waals surface area (Å²) in [5.74, 6) is 0.493. The number of hydrogen-bond donors (Lipinski definition) is 2. The first kappa shape index (κ1) is 18.0. The van der Waals surface area contributed by atoms with Crippen molar-refractivity contribution in [2.75, 3.05) is 18.8 Å². The third kappa shape index (κ3) is 4.36. The molecule has 0 spiro atoms. The van der Waals surface area contributed by atoms with Gasteiger partial charge in [0.1, 0.15) is 11.5 Å². The van der Waals surface area contributed by atoms with E-state index in [1.54, 1.807) is 6.20 Å². The number of nitrogens with two attached hydrogens (primary N) is 1. The molecule has 10 heteroatoms. The lowest BCUT2D eigenvalue weighted by atomic mass is 9.96. The van der Waals surface area contributed by atoms with Gasteiger partial charge in [-0.15, -0.1) is 23.7 Å². The minimum Gasteiger partial charge on any atom is -0.375 e. The number of halogens is 4. The number of thiazole rings is 1. The maximum atomic E-state index is 12.6. The van der Waals surface area contributed by atoms with E-state index in [1.165, 1.54) is 11.3 Å². The minimum absolute atomic E-state index is 0. The number of nitrogens with one attached hydrogen (secondary N) is 1. The van der Waals surface area contributed by atoms with Crippen LogP contribution in [0.25, 0.3) is 0 Å². The molecule has 1 aliphatic heterocycles. The van der Waals surface area contributed by atoms with Gasteiger partial charge in [-0.1, -0.05) is 0 Å². The zero-order valence-corrected chi connectivity index (χ0v) is 13.8. The van der Waals surface area contributed by atoms with Crippen molar-refractivity contribution in [2.24, 2.45) is 0 Å². The van der Waals surface area contributed by atoms with Crippen LogP contribution in [0.5, 0.6) is 0 Å². The lowest BCUT2D eigenvalue weighted by Gasteiger charge is -2.30. The molecule has 5 nitrogen and oxygen atoms in total. The van der Waals surface area contributed by atoms with E-state index in [2.05, 4.69) is 19.9 Å². The second kappa shape index (κ2) is 7.06. The lowest BCUT2D eigenvalue weighted by Crippen LogP contribution is -2.32. The summed E-state index contributed by atoms with van der Waals surface area (Å²) in [6.45, 7) is 2.43. The first-order chi connectivity index (χ1) is 10.4. The number of H-pyrrole nitrogens is 1. The highest BCUT2D eigenvalue weighted by atomic mass is 35.5. The van der Waals surface area contributed by atoms with E-state index in [0.717, 1.165) is 43.5 Å². The second-order valence-electron chi connectivity index (χ2n) is 5.40. The van der Waals surface area contributed by atoms with Crippen molar-refractivity contribution in [1.29, 1.82) is 0 Å². The van der Waals surface area contributed by atoms with Crippen molar-refractivity contribution in [3.63, 3.8) is 0 Å². The average Bonchev–Trinajstić information content (AvgIpc) is 3.08. The summed E-state index contributed by atoms with van der Waals surface area (Å²) in [5.41, 5.74) is 4.83. The Balaban J connectivity index is 0.00000192. The molecule has 2 aromatic rings. The Bertz CT molecular complexity index is 634. The summed E-state index contributed by atoms with van der Waals surface area (Å²) in [7, 11) is 0. The highest BCUT2D eigenvalue weighted by molar-refractivity contribution is 7.15. The zero-order valence-electron chi connectivity index (χ0n) is 12.1. The number of piperidine rings is 1. The summed E-state index contributed by atoms with van der Waals surface area (Å²) in [4.78, 5) is 13.7. The van der Waals surface area contributed by atoms with E-state index < -0.39 is 11.9 Å². The Hall–Kier alpha value is -1.32. The van der Waals surface area contributed by atoms with Gasteiger partial charge in [0, 0.05) is 23.5 Å². The summed E-state index contributed by atoms with van der Waals surface area (Å²) >= 11 is 1.47. The molecule has 3 N–H and O–H groups in total. The first-order valence-electron chi connectivity index (χ1n) is 6.96. The number of nitrogens with zero attached hydrogens (tertiary/aromatic N) is 3. The van der Waals surface area contributed by atoms with Crippen molar-refractivity contribution in [3.8, 4) is 0 Å². The van der Waals surface area contributed by atoms with Crippen LogP contribution in [0.3, 0.4) is 0 Å². The number of aromatic amines is 1. The normalized spacial score (nSPS) is 17.2. The molecule has 1 saturated heterocycles. The van der Waals surface area contributed by atoms with Crippen LogP contribution in [0.1, 0.15) is 35.2 Å². The first-order valence-corrected chi connectivity index (χ1v) is 7.78. The van der Waals surface area contributed by atoms with E-state index in [1.807, 2.05) is 0 Å². The second-order valence-corrected chi connectivity index (χ2v) is 6.54. The van der Waals surface area contributed by atoms with Crippen molar-refractivity contribution in [3.05, 3.63) is 28.8 Å². The fraction of sp³-hybridized carbons (Fsp3) is 0.538. The van der Waals surface area contributed by atoms with Crippen LogP contribution >= 0.6 is 23.7 Å². The van der Waals surface area contributed by atoms with Gasteiger partial charge >= 0.3 is 6.18 Å². The number of anilines is 1. The molecule has 0 aromatic carbocycles. The highest BCUT2D eigenvalue weighted by Gasteiger charge is 2.34. The molecular weight excluding hydrogens is 351 g/mol. The molecule has 3 rings (SSSR count). The molecule has 1 fully saturated rings. The van der Waals surface area contributed by atoms with Crippen molar-refractivity contribution < 1.29 is 13.2 Å². The molecule has 0 saturated carbocycles. The number of aromatic nitrogens is 3. The molecule has 0 aliphatic carbocycles. The molecule has 0 radical (unpaired) electrons. The Kier molecular flexibility index (Phi) is 5.53. The SMILES string of the molecule is Cl.Nc1ncc(CN2CCC(c3ncc(C(F)(F)F)[nH]3)CC2)s1. The maximum Gasteiger partial charge on any atom is 0.432 e. The van der Waals surface area contributed by atoms with Crippen LogP contribution in [-0.2, 0) is 12.7 Å². The van der Waals surface area contributed by atoms with Gasteiger partial charge in [0.2, 0.25) is 0 Å². The third-order valence-electron chi connectivity index (χ3n) is 3.83. The Morgan fingerprint density at radius 2 is 1.96 bits per heavy atom. The highest BCUT2D eigenvalue weighted by Crippen LogP contribution is 2.32. The van der Waals surface area contributed by atoms with Crippen LogP contribution < -0.4 is 5.73 Å². The number of likely N-dealkylation sites (tertiary alicyclic amines) is 1. The smallest absolute Gasteiger partial charge is 0.375 e. The Morgan fingerprint density at radius 3 is 2.48 bits per heavy atom. The van der Waals surface area contributed by atoms with Gasteiger partial charge in [-0.3, -0.25) is 4.90 Å². The van der Waals surface area contributed by atoms with Gasteiger partial charge in [-0.05, 0) is 25.9 Å². The van der Waals surface area contributed by atoms with Gasteiger partial charge in [0.15, 0.2) is 5.13 Å². The standard InChI is InChI=1S/C13H16F3N5S.ClH/c14-13(15,16)10-6-18-11(20-10)8-1-3-21(4-2-8)7-9-5-19-12(17)22-9;/h5-6,8H,1-4,7H2,(H2,17,19)(H,18,20);1H. The van der Waals surface area contributed by atoms with Crippen molar-refractivity contribution in [2.45, 2.75) is 31.5 Å². The Morgan fingerprint density at radius 1 is 1.26 bits per heavy atom. The van der Waals surface area contributed by atoms with Crippen LogP contribution in [0.2, 0.25) is 0 Å². The predicted molar refractivity (Wildman–Crippen MR) is 84.6 cm³/mol. The van der Waals surface area contributed by atoms with E-state index in [9.17, 15) is 13.2 Å². The topological polar surface area (TPSA) is 70.8 Å². The van der Waals surface area contributed by atoms with Gasteiger partial charge < -0.3 is 10.7 Å². The largest absolute Gasteiger partial charge is 0.432 e. The van der Waals surface area contributed by atoms with Crippen molar-refractivity contribution in [1.82, 2.24) is 19.9 Å². The summed E-state index contributed by atoms with van der Waals surface area (Å²) < 4.78 is 37.7. The van der Waals surface area contributed by atoms with E-state index in [0.29, 0.717) is 11.0 Å². The van der Waals surface area contributed by atoms with E-state index in [-0.39, 0.29) is 18.3 Å². The molecule has 0 amide bonds. The fourth-order valence-corrected chi connectivity index (χ4v) is 3.40. The fourth-order valence-electron chi connectivity index (χ4n) is 2.67. The summed E-state index contributed by atoms with van der Waals surface area (Å²) in [5, 5.41) is 0.556. The molecule has 23 heavy (non-hydrogen) atoms. The Labute approximate surface area is 141 Å². The molecule has 0 unspecified atom stereocenters. The minimum atomic E-state index is -4.36. The number of hydrogen-bond acceptors (Lipinski definition) is 5. The number of rotatable bonds is 3. The van der Waals surface area contributed by atoms with Gasteiger partial charge in [-0.25, -0.2) is 9.97 Å². The third-order valence-corrected chi connectivity index (χ3v) is 4.64. The van der Waals surface area contributed by atoms with Crippen molar-refractivity contribution >= 4 is 28.9 Å². The lowest BCUT2D eigenvalue weighted by molar-refractivity contribution is -0.141. The average molecular weight is 368 g/mol. The van der Waals surface area contributed by atoms with Crippen LogP contribution in [0.4, 0.5) is 18.3 Å². The molecular formula is C13H17ClF3N5S. The number of imidazole rings is 1. The molecule has 0 atom stereocenters. The molecule has 128 valence electrons.